The molecule has 0 spiro atoms. The molecule has 3 N–H and O–H groups in total. The molecule has 0 bridgehead atoms. The van der Waals surface area contributed by atoms with E-state index >= 15 is 0 Å². The van der Waals surface area contributed by atoms with Crippen molar-refractivity contribution in [2.75, 3.05) is 23.3 Å². The van der Waals surface area contributed by atoms with Gasteiger partial charge in [-0.05, 0) is 43.7 Å². The predicted molar refractivity (Wildman–Crippen MR) is 98.1 cm³/mol. The zero-order valence-corrected chi connectivity index (χ0v) is 14.9. The number of nitrogens with one attached hydrogen (secondary N) is 2. The van der Waals surface area contributed by atoms with Gasteiger partial charge in [0.25, 0.3) is 0 Å². The van der Waals surface area contributed by atoms with Gasteiger partial charge in [-0.15, -0.1) is 0 Å². The topological polar surface area (TPSA) is 112 Å². The maximum atomic E-state index is 12.1. The summed E-state index contributed by atoms with van der Waals surface area (Å²) in [6, 6.07) is 10.1. The predicted octanol–water partition coefficient (Wildman–Crippen LogP) is 1.50. The summed E-state index contributed by atoms with van der Waals surface area (Å²) in [6.45, 7) is 2.23. The van der Waals surface area contributed by atoms with Crippen LogP contribution in [0.3, 0.4) is 0 Å². The molecule has 2 aromatic rings. The molecule has 0 unspecified atom stereocenters. The molecule has 1 saturated heterocycles. The highest BCUT2D eigenvalue weighted by Crippen LogP contribution is 2.24. The van der Waals surface area contributed by atoms with Crippen LogP contribution in [0.15, 0.2) is 40.8 Å². The number of aliphatic hydroxyl groups is 1. The molecule has 1 aromatic heterocycles. The molecule has 3 rings (SSSR count). The molecular weight excluding hydrogens is 350 g/mol. The fourth-order valence-corrected chi connectivity index (χ4v) is 2.86. The Morgan fingerprint density at radius 1 is 1.26 bits per heavy atom. The number of rotatable bonds is 5. The third-order valence-electron chi connectivity index (χ3n) is 4.24. The normalized spacial score (nSPS) is 14.9. The van der Waals surface area contributed by atoms with Crippen LogP contribution in [0.1, 0.15) is 30.5 Å². The van der Waals surface area contributed by atoms with Gasteiger partial charge in [0.2, 0.25) is 5.91 Å². The highest BCUT2D eigenvalue weighted by Gasteiger charge is 2.22. The first-order chi connectivity index (χ1) is 12.9. The Bertz CT molecular complexity index is 861. The second-order valence-corrected chi connectivity index (χ2v) is 6.33. The summed E-state index contributed by atoms with van der Waals surface area (Å²) < 4.78 is 5.27. The number of hydrogen-bond donors (Lipinski definition) is 3. The smallest absolute Gasteiger partial charge is 0.313 e. The molecule has 1 aliphatic heterocycles. The van der Waals surface area contributed by atoms with Crippen LogP contribution >= 0.6 is 0 Å². The van der Waals surface area contributed by atoms with E-state index in [1.54, 1.807) is 48.2 Å². The molecule has 8 heteroatoms. The number of hydrogen-bond acceptors (Lipinski definition) is 5. The Hall–Kier alpha value is -3.13. The molecule has 1 aliphatic rings. The standard InChI is InChI=1S/C19H21N3O5/c1-12-7-8-16(27-12)15(23)11-20-18(25)19(26)21-13-4-2-5-14(10-13)22-9-3-6-17(22)24/h2,4-5,7-8,10,15,23H,3,6,9,11H2,1H3,(H,20,25)(H,21,26)/t15-/m1/s1. The van der Waals surface area contributed by atoms with Crippen molar-refractivity contribution in [2.45, 2.75) is 25.9 Å². The number of carbonyl (C=O) groups excluding carboxylic acids is 3. The lowest BCUT2D eigenvalue weighted by molar-refractivity contribution is -0.136. The van der Waals surface area contributed by atoms with Crippen molar-refractivity contribution in [1.82, 2.24) is 5.32 Å². The fraction of sp³-hybridized carbons (Fsp3) is 0.316. The van der Waals surface area contributed by atoms with Crippen LogP contribution in [0.5, 0.6) is 0 Å². The van der Waals surface area contributed by atoms with Crippen LogP contribution in [0.4, 0.5) is 11.4 Å². The Kier molecular flexibility index (Phi) is 5.56. The van der Waals surface area contributed by atoms with E-state index in [2.05, 4.69) is 10.6 Å². The zero-order valence-electron chi connectivity index (χ0n) is 14.9. The molecule has 0 aliphatic carbocycles. The van der Waals surface area contributed by atoms with E-state index in [0.717, 1.165) is 6.42 Å². The van der Waals surface area contributed by atoms with Gasteiger partial charge in [0, 0.05) is 24.3 Å². The molecule has 1 fully saturated rings. The van der Waals surface area contributed by atoms with Gasteiger partial charge in [0.15, 0.2) is 0 Å². The number of furan rings is 1. The first-order valence-corrected chi connectivity index (χ1v) is 8.68. The number of anilines is 2. The number of benzene rings is 1. The Morgan fingerprint density at radius 2 is 2.07 bits per heavy atom. The highest BCUT2D eigenvalue weighted by atomic mass is 16.4. The Labute approximate surface area is 156 Å². The average molecular weight is 371 g/mol. The van der Waals surface area contributed by atoms with Crippen molar-refractivity contribution in [3.63, 3.8) is 0 Å². The Morgan fingerprint density at radius 3 is 2.74 bits per heavy atom. The molecule has 8 nitrogen and oxygen atoms in total. The third-order valence-corrected chi connectivity index (χ3v) is 4.24. The van der Waals surface area contributed by atoms with Crippen molar-refractivity contribution in [3.8, 4) is 0 Å². The van der Waals surface area contributed by atoms with Crippen molar-refractivity contribution in [1.29, 1.82) is 0 Å². The van der Waals surface area contributed by atoms with Crippen LogP contribution in [0, 0.1) is 6.92 Å². The van der Waals surface area contributed by atoms with Gasteiger partial charge < -0.3 is 25.1 Å². The first-order valence-electron chi connectivity index (χ1n) is 8.68. The van der Waals surface area contributed by atoms with Crippen LogP contribution in [0.25, 0.3) is 0 Å². The van der Waals surface area contributed by atoms with E-state index in [1.165, 1.54) is 0 Å². The molecule has 0 radical (unpaired) electrons. The van der Waals surface area contributed by atoms with E-state index < -0.39 is 17.9 Å². The van der Waals surface area contributed by atoms with Gasteiger partial charge in [-0.25, -0.2) is 0 Å². The maximum absolute atomic E-state index is 12.1. The zero-order chi connectivity index (χ0) is 19.4. The molecular formula is C19H21N3O5. The van der Waals surface area contributed by atoms with Gasteiger partial charge in [-0.3, -0.25) is 14.4 Å². The fourth-order valence-electron chi connectivity index (χ4n) is 2.86. The van der Waals surface area contributed by atoms with Crippen molar-refractivity contribution in [3.05, 3.63) is 47.9 Å². The summed E-state index contributed by atoms with van der Waals surface area (Å²) >= 11 is 0. The molecule has 27 heavy (non-hydrogen) atoms. The molecule has 2 heterocycles. The number of amides is 3. The number of nitrogens with zero attached hydrogens (tertiary/aromatic N) is 1. The van der Waals surface area contributed by atoms with E-state index in [1.807, 2.05) is 0 Å². The summed E-state index contributed by atoms with van der Waals surface area (Å²) in [5.41, 5.74) is 1.09. The minimum absolute atomic E-state index is 0.0402. The monoisotopic (exact) mass is 371 g/mol. The van der Waals surface area contributed by atoms with Crippen LogP contribution in [0.2, 0.25) is 0 Å². The molecule has 3 amide bonds. The van der Waals surface area contributed by atoms with E-state index in [0.29, 0.717) is 35.9 Å². The third kappa shape index (κ3) is 4.53. The molecule has 142 valence electrons. The maximum Gasteiger partial charge on any atom is 0.313 e. The van der Waals surface area contributed by atoms with Crippen molar-refractivity contribution >= 4 is 29.1 Å². The van der Waals surface area contributed by atoms with Gasteiger partial charge in [0.1, 0.15) is 17.6 Å². The molecule has 1 atom stereocenters. The van der Waals surface area contributed by atoms with E-state index in [-0.39, 0.29) is 12.5 Å². The number of aryl methyl sites for hydroxylation is 1. The summed E-state index contributed by atoms with van der Waals surface area (Å²) in [5, 5.41) is 14.8. The SMILES string of the molecule is Cc1ccc([C@H](O)CNC(=O)C(=O)Nc2cccc(N3CCCC3=O)c2)o1. The van der Waals surface area contributed by atoms with Gasteiger partial charge >= 0.3 is 11.8 Å². The second-order valence-electron chi connectivity index (χ2n) is 6.33. The van der Waals surface area contributed by atoms with Crippen molar-refractivity contribution < 1.29 is 23.9 Å². The lowest BCUT2D eigenvalue weighted by Crippen LogP contribution is -2.37. The molecule has 1 aromatic carbocycles. The second kappa shape index (κ2) is 8.05. The average Bonchev–Trinajstić information content (AvgIpc) is 3.27. The quantitative estimate of drug-likeness (QED) is 0.690. The highest BCUT2D eigenvalue weighted by molar-refractivity contribution is 6.39. The number of carbonyl (C=O) groups is 3. The lowest BCUT2D eigenvalue weighted by Gasteiger charge is -2.16. The summed E-state index contributed by atoms with van der Waals surface area (Å²) in [7, 11) is 0. The van der Waals surface area contributed by atoms with Crippen molar-refractivity contribution in [2.24, 2.45) is 0 Å². The van der Waals surface area contributed by atoms with Gasteiger partial charge in [-0.2, -0.15) is 0 Å². The van der Waals surface area contributed by atoms with Crippen LogP contribution in [-0.4, -0.2) is 35.9 Å². The molecule has 0 saturated carbocycles. The van der Waals surface area contributed by atoms with Crippen LogP contribution in [-0.2, 0) is 14.4 Å². The summed E-state index contributed by atoms with van der Waals surface area (Å²) in [6.07, 6.45) is 0.270. The largest absolute Gasteiger partial charge is 0.464 e. The minimum atomic E-state index is -1.04. The lowest BCUT2D eigenvalue weighted by atomic mass is 10.2. The number of aliphatic hydroxyl groups excluding tert-OH is 1. The summed E-state index contributed by atoms with van der Waals surface area (Å²) in [5.74, 6) is -0.734. The van der Waals surface area contributed by atoms with Gasteiger partial charge in [-0.1, -0.05) is 6.07 Å². The summed E-state index contributed by atoms with van der Waals surface area (Å²) in [4.78, 5) is 37.5. The minimum Gasteiger partial charge on any atom is -0.464 e. The van der Waals surface area contributed by atoms with Gasteiger partial charge in [0.05, 0.1) is 6.54 Å². The van der Waals surface area contributed by atoms with E-state index in [4.69, 9.17) is 4.42 Å². The van der Waals surface area contributed by atoms with Crippen LogP contribution < -0.4 is 15.5 Å². The Balaban J connectivity index is 1.55. The first kappa shape index (κ1) is 18.7. The van der Waals surface area contributed by atoms with E-state index in [9.17, 15) is 19.5 Å².